The van der Waals surface area contributed by atoms with Crippen molar-refractivity contribution < 1.29 is 9.72 Å². The summed E-state index contributed by atoms with van der Waals surface area (Å²) in [6.45, 7) is 4.97. The third-order valence-corrected chi connectivity index (χ3v) is 5.41. The van der Waals surface area contributed by atoms with E-state index in [9.17, 15) is 14.9 Å². The van der Waals surface area contributed by atoms with Crippen LogP contribution >= 0.6 is 0 Å². The summed E-state index contributed by atoms with van der Waals surface area (Å²) in [6.07, 6.45) is 0.272. The van der Waals surface area contributed by atoms with Crippen LogP contribution in [0.25, 0.3) is 0 Å². The third-order valence-electron chi connectivity index (χ3n) is 5.41. The van der Waals surface area contributed by atoms with Crippen molar-refractivity contribution in [2.75, 3.05) is 42.5 Å². The number of benzene rings is 2. The van der Waals surface area contributed by atoms with E-state index in [0.29, 0.717) is 32.7 Å². The lowest BCUT2D eigenvalue weighted by Gasteiger charge is -2.39. The molecule has 3 rings (SSSR count). The fourth-order valence-corrected chi connectivity index (χ4v) is 3.69. The smallest absolute Gasteiger partial charge is 0.271 e. The van der Waals surface area contributed by atoms with Crippen molar-refractivity contribution >= 4 is 23.0 Å². The lowest BCUT2D eigenvalue weighted by Crippen LogP contribution is -2.55. The molecule has 1 amide bonds. The fraction of sp³-hybridized carbons (Fsp3) is 0.364. The number of nitrogens with zero attached hydrogens (tertiary/aromatic N) is 5. The lowest BCUT2D eigenvalue weighted by molar-refractivity contribution is -0.384. The number of carbonyl (C=O) groups excluding carboxylic acids is 1. The minimum absolute atomic E-state index is 0.0275. The second kappa shape index (κ2) is 9.85. The zero-order valence-corrected chi connectivity index (χ0v) is 17.0. The first-order chi connectivity index (χ1) is 14.5. The zero-order valence-electron chi connectivity index (χ0n) is 17.0. The second-order valence-electron chi connectivity index (χ2n) is 7.21. The first-order valence-corrected chi connectivity index (χ1v) is 9.98. The number of hydrogen-bond acceptors (Lipinski definition) is 6. The molecule has 8 nitrogen and oxygen atoms in total. The van der Waals surface area contributed by atoms with Gasteiger partial charge in [0.15, 0.2) is 0 Å². The third kappa shape index (κ3) is 4.93. The number of amides is 1. The van der Waals surface area contributed by atoms with Crippen molar-refractivity contribution in [3.63, 3.8) is 0 Å². The highest BCUT2D eigenvalue weighted by molar-refractivity contribution is 5.97. The zero-order chi connectivity index (χ0) is 21.5. The van der Waals surface area contributed by atoms with Crippen LogP contribution in [0.5, 0.6) is 0 Å². The average Bonchev–Trinajstić information content (AvgIpc) is 2.79. The number of hydrogen-bond donors (Lipinski definition) is 0. The topological polar surface area (TPSA) is 93.7 Å². The number of anilines is 2. The van der Waals surface area contributed by atoms with Gasteiger partial charge in [-0.1, -0.05) is 24.3 Å². The van der Waals surface area contributed by atoms with Crippen LogP contribution in [-0.2, 0) is 4.79 Å². The quantitative estimate of drug-likeness (QED) is 0.517. The summed E-state index contributed by atoms with van der Waals surface area (Å²) in [6, 6.07) is 17.8. The van der Waals surface area contributed by atoms with Crippen LogP contribution in [0.3, 0.4) is 0 Å². The highest BCUT2D eigenvalue weighted by Gasteiger charge is 2.29. The van der Waals surface area contributed by atoms with E-state index in [1.165, 1.54) is 6.07 Å². The van der Waals surface area contributed by atoms with E-state index >= 15 is 0 Å². The van der Waals surface area contributed by atoms with Crippen LogP contribution < -0.4 is 9.80 Å². The summed E-state index contributed by atoms with van der Waals surface area (Å²) < 4.78 is 0. The number of piperazine rings is 1. The maximum Gasteiger partial charge on any atom is 0.271 e. The van der Waals surface area contributed by atoms with Gasteiger partial charge in [0.1, 0.15) is 0 Å². The molecule has 0 radical (unpaired) electrons. The molecule has 1 saturated heterocycles. The van der Waals surface area contributed by atoms with Crippen molar-refractivity contribution in [2.24, 2.45) is 0 Å². The Morgan fingerprint density at radius 2 is 1.87 bits per heavy atom. The molecule has 156 valence electrons. The van der Waals surface area contributed by atoms with Crippen LogP contribution in [0.15, 0.2) is 54.6 Å². The molecule has 1 unspecified atom stereocenters. The van der Waals surface area contributed by atoms with Crippen LogP contribution in [-0.4, -0.2) is 54.5 Å². The molecule has 0 N–H and O–H groups in total. The van der Waals surface area contributed by atoms with Gasteiger partial charge in [-0.05, 0) is 25.1 Å². The standard InChI is InChI=1S/C22H25N5O3/c1-18(22(28)26(12-6-11-23)19-7-3-2-4-8-19)24-13-15-25(16-14-24)20-9-5-10-21(17-20)27(29)30/h2-5,7-10,17-18H,6,12-16H2,1H3. The Kier molecular flexibility index (Phi) is 6.99. The van der Waals surface area contributed by atoms with Gasteiger partial charge in [0.2, 0.25) is 5.91 Å². The van der Waals surface area contributed by atoms with E-state index in [0.717, 1.165) is 11.4 Å². The molecule has 2 aromatic rings. The molecule has 0 aromatic heterocycles. The molecular formula is C22H25N5O3. The molecule has 30 heavy (non-hydrogen) atoms. The van der Waals surface area contributed by atoms with Crippen molar-refractivity contribution in [1.82, 2.24) is 4.90 Å². The van der Waals surface area contributed by atoms with Gasteiger partial charge in [-0.15, -0.1) is 0 Å². The number of nitriles is 1. The van der Waals surface area contributed by atoms with Crippen molar-refractivity contribution in [2.45, 2.75) is 19.4 Å². The molecular weight excluding hydrogens is 382 g/mol. The van der Waals surface area contributed by atoms with Crippen LogP contribution in [0.1, 0.15) is 13.3 Å². The molecule has 1 aliphatic heterocycles. The van der Waals surface area contributed by atoms with Gasteiger partial charge in [0.25, 0.3) is 5.69 Å². The molecule has 0 spiro atoms. The predicted molar refractivity (Wildman–Crippen MR) is 115 cm³/mol. The summed E-state index contributed by atoms with van der Waals surface area (Å²) in [5.41, 5.74) is 1.69. The number of non-ortho nitro benzene ring substituents is 1. The highest BCUT2D eigenvalue weighted by atomic mass is 16.6. The van der Waals surface area contributed by atoms with Crippen LogP contribution in [0.4, 0.5) is 17.1 Å². The molecule has 2 aromatic carbocycles. The molecule has 1 heterocycles. The first kappa shape index (κ1) is 21.3. The van der Waals surface area contributed by atoms with Gasteiger partial charge in [-0.25, -0.2) is 0 Å². The molecule has 0 saturated carbocycles. The predicted octanol–water partition coefficient (Wildman–Crippen LogP) is 3.05. The number of rotatable bonds is 7. The van der Waals surface area contributed by atoms with Gasteiger partial charge < -0.3 is 9.80 Å². The van der Waals surface area contributed by atoms with Gasteiger partial charge in [0, 0.05) is 56.2 Å². The number of para-hydroxylation sites is 1. The Morgan fingerprint density at radius 1 is 1.17 bits per heavy atom. The Bertz CT molecular complexity index is 920. The molecule has 0 aliphatic carbocycles. The maximum atomic E-state index is 13.2. The van der Waals surface area contributed by atoms with E-state index in [2.05, 4.69) is 15.9 Å². The summed E-state index contributed by atoms with van der Waals surface area (Å²) in [5, 5.41) is 20.0. The Hall–Kier alpha value is -3.44. The number of nitro groups is 1. The van der Waals surface area contributed by atoms with Gasteiger partial charge >= 0.3 is 0 Å². The number of carbonyl (C=O) groups is 1. The Labute approximate surface area is 176 Å². The molecule has 1 fully saturated rings. The molecule has 0 bridgehead atoms. The Balaban J connectivity index is 1.65. The number of nitro benzene ring substituents is 1. The SMILES string of the molecule is CC(C(=O)N(CCC#N)c1ccccc1)N1CCN(c2cccc([N+](=O)[O-])c2)CC1. The fourth-order valence-electron chi connectivity index (χ4n) is 3.69. The van der Waals surface area contributed by atoms with Crippen molar-refractivity contribution in [3.8, 4) is 6.07 Å². The van der Waals surface area contributed by atoms with Crippen LogP contribution in [0.2, 0.25) is 0 Å². The minimum atomic E-state index is -0.389. The second-order valence-corrected chi connectivity index (χ2v) is 7.21. The monoisotopic (exact) mass is 407 g/mol. The molecule has 1 atom stereocenters. The summed E-state index contributed by atoms with van der Waals surface area (Å²) in [7, 11) is 0. The highest BCUT2D eigenvalue weighted by Crippen LogP contribution is 2.23. The van der Waals surface area contributed by atoms with E-state index in [1.807, 2.05) is 43.3 Å². The minimum Gasteiger partial charge on any atom is -0.369 e. The average molecular weight is 407 g/mol. The van der Waals surface area contributed by atoms with Crippen molar-refractivity contribution in [1.29, 1.82) is 5.26 Å². The van der Waals surface area contributed by atoms with Gasteiger partial charge in [0.05, 0.1) is 23.5 Å². The summed E-state index contributed by atoms with van der Waals surface area (Å²) in [5.74, 6) is -0.0275. The Morgan fingerprint density at radius 3 is 2.50 bits per heavy atom. The van der Waals surface area contributed by atoms with Crippen LogP contribution in [0, 0.1) is 21.4 Å². The van der Waals surface area contributed by atoms with Gasteiger partial charge in [-0.3, -0.25) is 19.8 Å². The van der Waals surface area contributed by atoms with Gasteiger partial charge in [-0.2, -0.15) is 5.26 Å². The maximum absolute atomic E-state index is 13.2. The molecule has 1 aliphatic rings. The van der Waals surface area contributed by atoms with E-state index in [4.69, 9.17) is 5.26 Å². The largest absolute Gasteiger partial charge is 0.369 e. The first-order valence-electron chi connectivity index (χ1n) is 9.98. The normalized spacial score (nSPS) is 15.3. The molecule has 8 heteroatoms. The summed E-state index contributed by atoms with van der Waals surface area (Å²) >= 11 is 0. The van der Waals surface area contributed by atoms with E-state index < -0.39 is 0 Å². The lowest BCUT2D eigenvalue weighted by atomic mass is 10.1. The van der Waals surface area contributed by atoms with E-state index in [1.54, 1.807) is 17.0 Å². The van der Waals surface area contributed by atoms with E-state index in [-0.39, 0.29) is 29.0 Å². The van der Waals surface area contributed by atoms with Crippen molar-refractivity contribution in [3.05, 3.63) is 64.7 Å². The summed E-state index contributed by atoms with van der Waals surface area (Å²) in [4.78, 5) is 29.7.